The van der Waals surface area contributed by atoms with Crippen LogP contribution in [0, 0.1) is 13.8 Å². The first kappa shape index (κ1) is 26.1. The molecule has 204 valence electrons. The zero-order valence-corrected chi connectivity index (χ0v) is 23.9. The minimum absolute atomic E-state index is 0.0114. The molecular weight excluding hydrogens is 524 g/mol. The van der Waals surface area contributed by atoms with Gasteiger partial charge in [0, 0.05) is 5.56 Å². The third kappa shape index (κ3) is 4.32. The van der Waals surface area contributed by atoms with Crippen molar-refractivity contribution in [2.75, 3.05) is 18.1 Å². The van der Waals surface area contributed by atoms with Crippen LogP contribution in [0.15, 0.2) is 60.2 Å². The summed E-state index contributed by atoms with van der Waals surface area (Å²) in [5.74, 6) is -0.705. The lowest BCUT2D eigenvalue weighted by Gasteiger charge is -2.25. The van der Waals surface area contributed by atoms with Gasteiger partial charge in [-0.3, -0.25) is 14.5 Å². The van der Waals surface area contributed by atoms with Gasteiger partial charge in [-0.2, -0.15) is 0 Å². The number of nitrogens with zero attached hydrogens (tertiary/aromatic N) is 2. The average Bonchev–Trinajstić information content (AvgIpc) is 3.46. The Labute approximate surface area is 236 Å². The van der Waals surface area contributed by atoms with Crippen LogP contribution in [-0.4, -0.2) is 35.0 Å². The zero-order chi connectivity index (χ0) is 28.3. The summed E-state index contributed by atoms with van der Waals surface area (Å²) in [5.41, 5.74) is 5.01. The van der Waals surface area contributed by atoms with Crippen molar-refractivity contribution in [1.82, 2.24) is 4.98 Å². The first-order valence-electron chi connectivity index (χ1n) is 13.2. The van der Waals surface area contributed by atoms with Crippen LogP contribution in [0.3, 0.4) is 0 Å². The maximum Gasteiger partial charge on any atom is 0.301 e. The first-order valence-corrected chi connectivity index (χ1v) is 14.0. The van der Waals surface area contributed by atoms with Gasteiger partial charge in [-0.1, -0.05) is 62.4 Å². The Bertz CT molecular complexity index is 1710. The van der Waals surface area contributed by atoms with E-state index in [-0.39, 0.29) is 16.7 Å². The summed E-state index contributed by atoms with van der Waals surface area (Å²) in [6.07, 6.45) is 0. The predicted octanol–water partition coefficient (Wildman–Crippen LogP) is 6.61. The van der Waals surface area contributed by atoms with E-state index < -0.39 is 17.7 Å². The fourth-order valence-electron chi connectivity index (χ4n) is 5.32. The second kappa shape index (κ2) is 9.48. The lowest BCUT2D eigenvalue weighted by molar-refractivity contribution is -0.132. The Hall–Kier alpha value is -4.17. The number of ether oxygens (including phenoxy) is 2. The predicted molar refractivity (Wildman–Crippen MR) is 156 cm³/mol. The average molecular weight is 555 g/mol. The lowest BCUT2D eigenvalue weighted by Crippen LogP contribution is -2.29. The minimum atomic E-state index is -0.857. The summed E-state index contributed by atoms with van der Waals surface area (Å²) in [7, 11) is 0. The van der Waals surface area contributed by atoms with Gasteiger partial charge in [0.15, 0.2) is 16.6 Å². The molecule has 1 N–H and O–H groups in total. The summed E-state index contributed by atoms with van der Waals surface area (Å²) >= 11 is 1.36. The van der Waals surface area contributed by atoms with Crippen LogP contribution >= 0.6 is 11.3 Å². The molecule has 3 heterocycles. The molecule has 40 heavy (non-hydrogen) atoms. The van der Waals surface area contributed by atoms with Crippen LogP contribution in [0.2, 0.25) is 0 Å². The second-order valence-electron chi connectivity index (χ2n) is 11.3. The third-order valence-electron chi connectivity index (χ3n) is 7.38. The van der Waals surface area contributed by atoms with Gasteiger partial charge in [0.1, 0.15) is 19.0 Å². The molecule has 1 atom stereocenters. The highest BCUT2D eigenvalue weighted by Gasteiger charge is 2.48. The van der Waals surface area contributed by atoms with Gasteiger partial charge < -0.3 is 14.6 Å². The summed E-state index contributed by atoms with van der Waals surface area (Å²) in [6.45, 7) is 11.2. The number of hydrogen-bond acceptors (Lipinski definition) is 7. The molecule has 0 aliphatic carbocycles. The third-order valence-corrected chi connectivity index (χ3v) is 8.38. The van der Waals surface area contributed by atoms with E-state index in [0.717, 1.165) is 26.9 Å². The van der Waals surface area contributed by atoms with E-state index in [1.165, 1.54) is 16.2 Å². The number of aromatic nitrogens is 1. The van der Waals surface area contributed by atoms with Gasteiger partial charge in [0.05, 0.1) is 21.8 Å². The quantitative estimate of drug-likeness (QED) is 0.174. The Morgan fingerprint density at radius 2 is 1.68 bits per heavy atom. The maximum absolute atomic E-state index is 13.7. The van der Waals surface area contributed by atoms with Gasteiger partial charge in [-0.25, -0.2) is 4.98 Å². The van der Waals surface area contributed by atoms with Crippen molar-refractivity contribution in [2.24, 2.45) is 0 Å². The lowest BCUT2D eigenvalue weighted by atomic mass is 9.85. The Kier molecular flexibility index (Phi) is 6.18. The van der Waals surface area contributed by atoms with Gasteiger partial charge in [-0.05, 0) is 65.8 Å². The zero-order valence-electron chi connectivity index (χ0n) is 23.1. The summed E-state index contributed by atoms with van der Waals surface area (Å²) in [6, 6.07) is 16.1. The molecular formula is C32H30N2O5S. The fraction of sp³-hybridized carbons (Fsp3) is 0.281. The highest BCUT2D eigenvalue weighted by atomic mass is 32.1. The highest BCUT2D eigenvalue weighted by molar-refractivity contribution is 7.22. The van der Waals surface area contributed by atoms with Crippen LogP contribution < -0.4 is 14.4 Å². The number of carbonyl (C=O) groups excluding carboxylic acids is 2. The number of aryl methyl sites for hydroxylation is 2. The number of thiazole rings is 1. The molecule has 1 fully saturated rings. The molecule has 2 aliphatic heterocycles. The molecule has 3 aromatic carbocycles. The number of hydrogen-bond donors (Lipinski definition) is 1. The van der Waals surface area contributed by atoms with Crippen molar-refractivity contribution in [3.63, 3.8) is 0 Å². The van der Waals surface area contributed by atoms with Crippen LogP contribution in [0.4, 0.5) is 5.13 Å². The smallest absolute Gasteiger partial charge is 0.301 e. The van der Waals surface area contributed by atoms with E-state index >= 15 is 0 Å². The van der Waals surface area contributed by atoms with E-state index in [1.54, 1.807) is 18.2 Å². The number of Topliss-reactive ketones (excluding diaryl/α,β-unsaturated/α-hetero) is 1. The van der Waals surface area contributed by atoms with Crippen LogP contribution in [0.25, 0.3) is 16.0 Å². The molecule has 4 aromatic rings. The van der Waals surface area contributed by atoms with Crippen molar-refractivity contribution in [3.8, 4) is 11.5 Å². The van der Waals surface area contributed by atoms with Gasteiger partial charge in [-0.15, -0.1) is 0 Å². The maximum atomic E-state index is 13.7. The van der Waals surface area contributed by atoms with Crippen molar-refractivity contribution in [1.29, 1.82) is 0 Å². The Morgan fingerprint density at radius 3 is 2.38 bits per heavy atom. The largest absolute Gasteiger partial charge is 0.507 e. The number of amides is 1. The standard InChI is InChI=1S/C32H30N2O5S/c1-17-14-18(2)26-24(15-17)40-31(33-26)34-27(19-6-9-21(10-7-19)32(3,4)5)25(29(36)30(34)37)28(35)20-8-11-22-23(16-20)39-13-12-38-22/h6-11,14-16,27,35H,12-13H2,1-5H3/t27-/m1/s1. The molecule has 6 rings (SSSR count). The molecule has 0 unspecified atom stereocenters. The summed E-state index contributed by atoms with van der Waals surface area (Å²) in [4.78, 5) is 33.6. The van der Waals surface area contributed by atoms with E-state index in [4.69, 9.17) is 14.5 Å². The van der Waals surface area contributed by atoms with Crippen LogP contribution in [0.1, 0.15) is 54.6 Å². The molecule has 7 nitrogen and oxygen atoms in total. The molecule has 1 saturated heterocycles. The Balaban J connectivity index is 1.54. The number of carbonyl (C=O) groups is 2. The molecule has 2 aliphatic rings. The monoisotopic (exact) mass is 554 g/mol. The highest BCUT2D eigenvalue weighted by Crippen LogP contribution is 2.45. The molecule has 1 aromatic heterocycles. The number of ketones is 1. The van der Waals surface area contributed by atoms with E-state index in [0.29, 0.717) is 41.0 Å². The van der Waals surface area contributed by atoms with Gasteiger partial charge in [0.25, 0.3) is 5.78 Å². The van der Waals surface area contributed by atoms with Crippen molar-refractivity contribution in [3.05, 3.63) is 88.0 Å². The molecule has 0 radical (unpaired) electrons. The molecule has 0 saturated carbocycles. The van der Waals surface area contributed by atoms with Crippen LogP contribution in [0.5, 0.6) is 11.5 Å². The first-order chi connectivity index (χ1) is 19.0. The molecule has 8 heteroatoms. The van der Waals surface area contributed by atoms with Crippen molar-refractivity contribution in [2.45, 2.75) is 46.1 Å². The SMILES string of the molecule is Cc1cc(C)c2nc(N3C(=O)C(=O)C(=C(O)c4ccc5c(c4)OCCO5)[C@H]3c3ccc(C(C)(C)C)cc3)sc2c1. The Morgan fingerprint density at radius 1 is 0.975 bits per heavy atom. The number of benzene rings is 3. The number of aliphatic hydroxyl groups is 1. The molecule has 0 spiro atoms. The fourth-order valence-corrected chi connectivity index (χ4v) is 6.49. The van der Waals surface area contributed by atoms with E-state index in [9.17, 15) is 14.7 Å². The topological polar surface area (TPSA) is 89.0 Å². The van der Waals surface area contributed by atoms with Gasteiger partial charge in [0.2, 0.25) is 0 Å². The number of anilines is 1. The molecule has 1 amide bonds. The second-order valence-corrected chi connectivity index (χ2v) is 12.3. The minimum Gasteiger partial charge on any atom is -0.507 e. The van der Waals surface area contributed by atoms with Crippen LogP contribution in [-0.2, 0) is 15.0 Å². The number of rotatable bonds is 3. The number of fused-ring (bicyclic) bond motifs is 2. The summed E-state index contributed by atoms with van der Waals surface area (Å²) in [5, 5.41) is 12.0. The van der Waals surface area contributed by atoms with E-state index in [1.807, 2.05) is 50.2 Å². The number of aliphatic hydroxyl groups excluding tert-OH is 1. The van der Waals surface area contributed by atoms with Crippen molar-refractivity contribution >= 4 is 44.1 Å². The molecule has 0 bridgehead atoms. The van der Waals surface area contributed by atoms with E-state index in [2.05, 4.69) is 20.8 Å². The summed E-state index contributed by atoms with van der Waals surface area (Å²) < 4.78 is 12.2. The van der Waals surface area contributed by atoms with Gasteiger partial charge >= 0.3 is 5.91 Å². The van der Waals surface area contributed by atoms with Crippen molar-refractivity contribution < 1.29 is 24.2 Å². The normalized spacial score (nSPS) is 18.5.